The highest BCUT2D eigenvalue weighted by Gasteiger charge is 2.51. The van der Waals surface area contributed by atoms with Crippen LogP contribution in [0.2, 0.25) is 0 Å². The number of hydrogen-bond acceptors (Lipinski definition) is 9. The smallest absolute Gasteiger partial charge is 0.303 e. The number of carboxylic acids is 1. The Morgan fingerprint density at radius 1 is 1.07 bits per heavy atom. The van der Waals surface area contributed by atoms with E-state index in [2.05, 4.69) is 0 Å². The minimum atomic E-state index is -3.83. The van der Waals surface area contributed by atoms with Gasteiger partial charge in [0.15, 0.2) is 5.79 Å². The van der Waals surface area contributed by atoms with Crippen LogP contribution in [0.5, 0.6) is 0 Å². The van der Waals surface area contributed by atoms with Gasteiger partial charge in [0.2, 0.25) is 0 Å². The van der Waals surface area contributed by atoms with Gasteiger partial charge in [-0.3, -0.25) is 13.2 Å². The maximum atomic E-state index is 11.8. The average molecular weight is 459 g/mol. The lowest BCUT2D eigenvalue weighted by molar-refractivity contribution is -0.200. The van der Waals surface area contributed by atoms with Crippen molar-refractivity contribution in [1.82, 2.24) is 0 Å². The summed E-state index contributed by atoms with van der Waals surface area (Å²) < 4.78 is 68.8. The van der Waals surface area contributed by atoms with E-state index in [1.807, 2.05) is 0 Å². The van der Waals surface area contributed by atoms with Gasteiger partial charge < -0.3 is 14.6 Å². The summed E-state index contributed by atoms with van der Waals surface area (Å²) in [6.07, 6.45) is 4.17. The molecule has 1 heterocycles. The van der Waals surface area contributed by atoms with Crippen LogP contribution >= 0.6 is 0 Å². The third-order valence-electron chi connectivity index (χ3n) is 4.94. The van der Waals surface area contributed by atoms with Crippen LogP contribution in [-0.2, 0) is 42.9 Å². The van der Waals surface area contributed by atoms with Crippen LogP contribution in [0.3, 0.4) is 0 Å². The van der Waals surface area contributed by atoms with Gasteiger partial charge in [0.05, 0.1) is 19.1 Å². The van der Waals surface area contributed by atoms with Crippen molar-refractivity contribution in [2.24, 2.45) is 0 Å². The molecular weight excluding hydrogens is 428 g/mol. The van der Waals surface area contributed by atoms with Crippen molar-refractivity contribution in [3.05, 3.63) is 0 Å². The fourth-order valence-electron chi connectivity index (χ4n) is 3.77. The Bertz CT molecular complexity index is 755. The van der Waals surface area contributed by atoms with Gasteiger partial charge in [-0.2, -0.15) is 16.8 Å². The predicted molar refractivity (Wildman–Crippen MR) is 102 cm³/mol. The zero-order valence-electron chi connectivity index (χ0n) is 16.7. The Hall–Kier alpha value is -0.790. The molecule has 0 radical (unpaired) electrons. The molecular formula is C17H30O10S2. The Morgan fingerprint density at radius 2 is 1.72 bits per heavy atom. The molecule has 0 aromatic rings. The van der Waals surface area contributed by atoms with Gasteiger partial charge in [-0.15, -0.1) is 0 Å². The van der Waals surface area contributed by atoms with E-state index in [0.29, 0.717) is 25.7 Å². The van der Waals surface area contributed by atoms with E-state index in [1.54, 1.807) is 0 Å². The van der Waals surface area contributed by atoms with E-state index < -0.39 is 50.3 Å². The van der Waals surface area contributed by atoms with Crippen molar-refractivity contribution in [2.75, 3.05) is 19.1 Å². The van der Waals surface area contributed by atoms with Crippen molar-refractivity contribution in [3.63, 3.8) is 0 Å². The highest BCUT2D eigenvalue weighted by molar-refractivity contribution is 7.86. The topological polar surface area (TPSA) is 142 Å². The van der Waals surface area contributed by atoms with Gasteiger partial charge in [-0.05, 0) is 25.7 Å². The van der Waals surface area contributed by atoms with Crippen LogP contribution in [0, 0.1) is 0 Å². The summed E-state index contributed by atoms with van der Waals surface area (Å²) in [7, 11) is -7.56. The molecule has 1 aliphatic heterocycles. The van der Waals surface area contributed by atoms with Crippen LogP contribution in [0.4, 0.5) is 0 Å². The molecule has 0 aromatic carbocycles. The zero-order chi connectivity index (χ0) is 21.7. The molecule has 10 nitrogen and oxygen atoms in total. The molecule has 29 heavy (non-hydrogen) atoms. The fourth-order valence-corrected chi connectivity index (χ4v) is 4.81. The third kappa shape index (κ3) is 8.46. The normalized spacial score (nSPS) is 25.9. The Morgan fingerprint density at radius 3 is 2.28 bits per heavy atom. The second kappa shape index (κ2) is 10.0. The molecule has 0 bridgehead atoms. The van der Waals surface area contributed by atoms with Crippen molar-refractivity contribution in [1.29, 1.82) is 0 Å². The van der Waals surface area contributed by atoms with E-state index in [9.17, 15) is 21.6 Å². The van der Waals surface area contributed by atoms with Crippen LogP contribution < -0.4 is 0 Å². The molecule has 2 rings (SSSR count). The Balaban J connectivity index is 2.17. The number of carboxylic acid groups (broad SMARTS) is 1. The van der Waals surface area contributed by atoms with Gasteiger partial charge in [0.25, 0.3) is 20.2 Å². The maximum absolute atomic E-state index is 11.8. The summed E-state index contributed by atoms with van der Waals surface area (Å²) in [6, 6.07) is 0. The lowest BCUT2D eigenvalue weighted by atomic mass is 9.94. The molecule has 2 aliphatic rings. The van der Waals surface area contributed by atoms with Gasteiger partial charge in [-0.1, -0.05) is 12.8 Å². The SMILES string of the molecule is CS(=O)(=O)OC[C@H]1OC2(CCCCC2)O[C@@H]1[C@@H](CCCCC(=O)O)OS(C)(=O)=O. The molecule has 1 saturated heterocycles. The summed E-state index contributed by atoms with van der Waals surface area (Å²) in [6.45, 7) is -0.315. The van der Waals surface area contributed by atoms with Crippen LogP contribution in [0.15, 0.2) is 0 Å². The second-order valence-corrected chi connectivity index (χ2v) is 10.9. The number of carbonyl (C=O) groups is 1. The van der Waals surface area contributed by atoms with Crippen molar-refractivity contribution >= 4 is 26.2 Å². The summed E-state index contributed by atoms with van der Waals surface area (Å²) in [5, 5.41) is 8.79. The molecule has 3 atom stereocenters. The second-order valence-electron chi connectivity index (χ2n) is 7.68. The van der Waals surface area contributed by atoms with E-state index in [1.165, 1.54) is 0 Å². The van der Waals surface area contributed by atoms with Crippen LogP contribution in [0.25, 0.3) is 0 Å². The number of ether oxygens (including phenoxy) is 2. The van der Waals surface area contributed by atoms with E-state index in [0.717, 1.165) is 31.8 Å². The number of aliphatic carboxylic acids is 1. The van der Waals surface area contributed by atoms with Crippen molar-refractivity contribution in [3.8, 4) is 0 Å². The minimum Gasteiger partial charge on any atom is -0.481 e. The molecule has 1 aliphatic carbocycles. The molecule has 0 amide bonds. The van der Waals surface area contributed by atoms with Crippen molar-refractivity contribution in [2.45, 2.75) is 81.9 Å². The van der Waals surface area contributed by atoms with Gasteiger partial charge in [-0.25, -0.2) is 0 Å². The number of rotatable bonds is 11. The summed E-state index contributed by atoms with van der Waals surface area (Å²) in [5.41, 5.74) is 0. The van der Waals surface area contributed by atoms with Gasteiger partial charge >= 0.3 is 5.97 Å². The minimum absolute atomic E-state index is 0.0435. The van der Waals surface area contributed by atoms with Gasteiger partial charge in [0, 0.05) is 19.3 Å². The van der Waals surface area contributed by atoms with Crippen LogP contribution in [0.1, 0.15) is 57.8 Å². The lowest BCUT2D eigenvalue weighted by Crippen LogP contribution is -2.41. The average Bonchev–Trinajstić information content (AvgIpc) is 2.93. The van der Waals surface area contributed by atoms with Crippen LogP contribution in [-0.4, -0.2) is 71.1 Å². The Labute approximate surface area is 172 Å². The number of unbranched alkanes of at least 4 members (excludes halogenated alkanes) is 1. The molecule has 0 aromatic heterocycles. The predicted octanol–water partition coefficient (Wildman–Crippen LogP) is 1.40. The monoisotopic (exact) mass is 458 g/mol. The molecule has 2 fully saturated rings. The Kier molecular flexibility index (Phi) is 8.45. The van der Waals surface area contributed by atoms with E-state index >= 15 is 0 Å². The largest absolute Gasteiger partial charge is 0.481 e. The van der Waals surface area contributed by atoms with Crippen molar-refractivity contribution < 1.29 is 44.6 Å². The summed E-state index contributed by atoms with van der Waals surface area (Å²) >= 11 is 0. The van der Waals surface area contributed by atoms with E-state index in [-0.39, 0.29) is 19.4 Å². The molecule has 1 saturated carbocycles. The highest BCUT2D eigenvalue weighted by Crippen LogP contribution is 2.42. The summed E-state index contributed by atoms with van der Waals surface area (Å²) in [4.78, 5) is 10.7. The van der Waals surface area contributed by atoms with Gasteiger partial charge in [0.1, 0.15) is 18.3 Å². The number of hydrogen-bond donors (Lipinski definition) is 1. The zero-order valence-corrected chi connectivity index (χ0v) is 18.4. The molecule has 170 valence electrons. The quantitative estimate of drug-likeness (QED) is 0.356. The first-order valence-corrected chi connectivity index (χ1v) is 13.3. The molecule has 12 heteroatoms. The molecule has 1 spiro atoms. The summed E-state index contributed by atoms with van der Waals surface area (Å²) in [5.74, 6) is -1.85. The highest BCUT2D eigenvalue weighted by atomic mass is 32.2. The first-order valence-electron chi connectivity index (χ1n) is 9.69. The van der Waals surface area contributed by atoms with E-state index in [4.69, 9.17) is 22.9 Å². The third-order valence-corrected chi connectivity index (χ3v) is 6.10. The standard InChI is InChI=1S/C17H30O10S2/c1-28(20,21)24-12-14-16(26-17(25-14)10-6-3-7-11-17)13(27-29(2,22)23)8-4-5-9-15(18)19/h13-14,16H,3-12H2,1-2H3,(H,18,19)/t13-,14-,16-/m1/s1. The lowest BCUT2D eigenvalue weighted by Gasteiger charge is -2.32. The molecule has 1 N–H and O–H groups in total. The maximum Gasteiger partial charge on any atom is 0.303 e. The fraction of sp³-hybridized carbons (Fsp3) is 0.941. The first kappa shape index (κ1) is 24.5. The first-order chi connectivity index (χ1) is 13.4. The molecule has 0 unspecified atom stereocenters.